The van der Waals surface area contributed by atoms with Crippen LogP contribution in [0.25, 0.3) is 0 Å². The SMILES string of the molecule is CC(C)(C)c1cc(C(C)(C)C)c(OP(O)O)cc1CN. The third-order valence-electron chi connectivity index (χ3n) is 3.22. The van der Waals surface area contributed by atoms with Gasteiger partial charge in [0.15, 0.2) is 0 Å². The molecule has 0 fully saturated rings. The van der Waals surface area contributed by atoms with E-state index in [0.29, 0.717) is 12.3 Å². The van der Waals surface area contributed by atoms with Crippen LogP contribution in [0.2, 0.25) is 0 Å². The van der Waals surface area contributed by atoms with E-state index in [1.165, 1.54) is 0 Å². The van der Waals surface area contributed by atoms with Crippen LogP contribution in [0.4, 0.5) is 0 Å². The van der Waals surface area contributed by atoms with Crippen LogP contribution in [0.1, 0.15) is 58.2 Å². The summed E-state index contributed by atoms with van der Waals surface area (Å²) >= 11 is 0. The number of nitrogens with two attached hydrogens (primary N) is 1. The first-order valence-electron chi connectivity index (χ1n) is 6.70. The van der Waals surface area contributed by atoms with Crippen molar-refractivity contribution in [1.82, 2.24) is 0 Å². The molecule has 20 heavy (non-hydrogen) atoms. The van der Waals surface area contributed by atoms with E-state index in [-0.39, 0.29) is 10.8 Å². The highest BCUT2D eigenvalue weighted by atomic mass is 31.2. The van der Waals surface area contributed by atoms with Gasteiger partial charge in [0.2, 0.25) is 0 Å². The average Bonchev–Trinajstić information content (AvgIpc) is 2.24. The Hall–Kier alpha value is -0.670. The fourth-order valence-electron chi connectivity index (χ4n) is 2.24. The van der Waals surface area contributed by atoms with E-state index < -0.39 is 8.60 Å². The summed E-state index contributed by atoms with van der Waals surface area (Å²) in [7, 11) is -2.44. The molecule has 114 valence electrons. The maximum absolute atomic E-state index is 9.16. The van der Waals surface area contributed by atoms with Gasteiger partial charge in [0.25, 0.3) is 0 Å². The zero-order valence-corrected chi connectivity index (χ0v) is 14.1. The van der Waals surface area contributed by atoms with Crippen LogP contribution in [0.3, 0.4) is 0 Å². The lowest BCUT2D eigenvalue weighted by Crippen LogP contribution is -2.20. The van der Waals surface area contributed by atoms with Crippen LogP contribution >= 0.6 is 8.60 Å². The number of hydrogen-bond donors (Lipinski definition) is 3. The average molecular weight is 299 g/mol. The molecule has 0 spiro atoms. The van der Waals surface area contributed by atoms with Gasteiger partial charge in [-0.2, -0.15) is 0 Å². The third kappa shape index (κ3) is 4.16. The summed E-state index contributed by atoms with van der Waals surface area (Å²) in [5, 5.41) is 0. The van der Waals surface area contributed by atoms with E-state index in [1.807, 2.05) is 6.07 Å². The van der Waals surface area contributed by atoms with Crippen molar-refractivity contribution in [3.05, 3.63) is 28.8 Å². The van der Waals surface area contributed by atoms with Gasteiger partial charge < -0.3 is 20.0 Å². The van der Waals surface area contributed by atoms with Crippen LogP contribution in [-0.2, 0) is 17.4 Å². The van der Waals surface area contributed by atoms with Gasteiger partial charge in [-0.25, -0.2) is 0 Å². The van der Waals surface area contributed by atoms with Crippen molar-refractivity contribution < 1.29 is 14.3 Å². The molecule has 0 aliphatic heterocycles. The highest BCUT2D eigenvalue weighted by Gasteiger charge is 2.26. The zero-order chi connectivity index (χ0) is 15.7. The van der Waals surface area contributed by atoms with Crippen molar-refractivity contribution in [2.75, 3.05) is 0 Å². The molecule has 0 atom stereocenters. The minimum Gasteiger partial charge on any atom is -0.427 e. The largest absolute Gasteiger partial charge is 0.427 e. The van der Waals surface area contributed by atoms with Gasteiger partial charge in [0, 0.05) is 12.1 Å². The predicted molar refractivity (Wildman–Crippen MR) is 83.7 cm³/mol. The van der Waals surface area contributed by atoms with Gasteiger partial charge in [-0.1, -0.05) is 47.6 Å². The smallest absolute Gasteiger partial charge is 0.391 e. The van der Waals surface area contributed by atoms with E-state index in [1.54, 1.807) is 0 Å². The highest BCUT2D eigenvalue weighted by molar-refractivity contribution is 7.39. The minimum absolute atomic E-state index is 0.0314. The first kappa shape index (κ1) is 17.4. The molecule has 0 saturated heterocycles. The van der Waals surface area contributed by atoms with Crippen molar-refractivity contribution in [3.63, 3.8) is 0 Å². The summed E-state index contributed by atoms with van der Waals surface area (Å²) in [5.41, 5.74) is 8.73. The van der Waals surface area contributed by atoms with Gasteiger partial charge in [-0.3, -0.25) is 0 Å². The fourth-order valence-corrected chi connectivity index (χ4v) is 2.57. The van der Waals surface area contributed by atoms with E-state index in [2.05, 4.69) is 47.6 Å². The summed E-state index contributed by atoms with van der Waals surface area (Å²) in [5.74, 6) is 0.502. The summed E-state index contributed by atoms with van der Waals surface area (Å²) in [6.07, 6.45) is 0. The van der Waals surface area contributed by atoms with Gasteiger partial charge in [-0.05, 0) is 28.0 Å². The quantitative estimate of drug-likeness (QED) is 0.748. The Morgan fingerprint density at radius 2 is 1.50 bits per heavy atom. The van der Waals surface area contributed by atoms with Crippen LogP contribution in [0, 0.1) is 0 Å². The highest BCUT2D eigenvalue weighted by Crippen LogP contribution is 2.41. The molecule has 1 aromatic rings. The van der Waals surface area contributed by atoms with Gasteiger partial charge in [0.1, 0.15) is 5.75 Å². The maximum Gasteiger partial charge on any atom is 0.391 e. The number of hydrogen-bond acceptors (Lipinski definition) is 4. The van der Waals surface area contributed by atoms with E-state index in [9.17, 15) is 0 Å². The summed E-state index contributed by atoms with van der Waals surface area (Å²) in [6.45, 7) is 13.0. The lowest BCUT2D eigenvalue weighted by atomic mass is 9.78. The molecule has 0 aliphatic carbocycles. The van der Waals surface area contributed by atoms with Crippen molar-refractivity contribution in [1.29, 1.82) is 0 Å². The Kier molecular flexibility index (Phi) is 5.20. The predicted octanol–water partition coefficient (Wildman–Crippen LogP) is 3.33. The van der Waals surface area contributed by atoms with Crippen molar-refractivity contribution in [3.8, 4) is 5.75 Å². The zero-order valence-electron chi connectivity index (χ0n) is 13.2. The molecule has 5 heteroatoms. The molecule has 1 aromatic carbocycles. The monoisotopic (exact) mass is 299 g/mol. The van der Waals surface area contributed by atoms with E-state index in [0.717, 1.165) is 16.7 Å². The lowest BCUT2D eigenvalue weighted by Gasteiger charge is -2.29. The number of rotatable bonds is 3. The molecule has 0 aliphatic rings. The standard InChI is InChI=1S/C15H26NO3P/c1-14(2,3)11-8-12(15(4,5)6)13(19-20(17)18)7-10(11)9-16/h7-8,17-18H,9,16H2,1-6H3. The molecule has 0 bridgehead atoms. The van der Waals surface area contributed by atoms with Gasteiger partial charge in [0.05, 0.1) is 0 Å². The van der Waals surface area contributed by atoms with Crippen LogP contribution < -0.4 is 10.3 Å². The Balaban J connectivity index is 3.53. The molecular formula is C15H26NO3P. The Morgan fingerprint density at radius 3 is 1.85 bits per heavy atom. The normalized spacial score (nSPS) is 12.9. The van der Waals surface area contributed by atoms with Crippen LogP contribution in [0.15, 0.2) is 12.1 Å². The minimum atomic E-state index is -2.44. The first-order valence-corrected chi connectivity index (χ1v) is 7.87. The van der Waals surface area contributed by atoms with E-state index in [4.69, 9.17) is 20.0 Å². The molecule has 0 radical (unpaired) electrons. The first-order chi connectivity index (χ1) is 8.96. The van der Waals surface area contributed by atoms with Crippen LogP contribution in [0.5, 0.6) is 5.75 Å². The fraction of sp³-hybridized carbons (Fsp3) is 0.600. The lowest BCUT2D eigenvalue weighted by molar-refractivity contribution is 0.369. The maximum atomic E-state index is 9.16. The Morgan fingerprint density at radius 1 is 1.00 bits per heavy atom. The summed E-state index contributed by atoms with van der Waals surface area (Å²) < 4.78 is 5.20. The molecule has 4 nitrogen and oxygen atoms in total. The molecule has 0 unspecified atom stereocenters. The van der Waals surface area contributed by atoms with Crippen molar-refractivity contribution in [2.45, 2.75) is 58.9 Å². The molecule has 1 rings (SSSR count). The van der Waals surface area contributed by atoms with Crippen molar-refractivity contribution >= 4 is 8.60 Å². The van der Waals surface area contributed by atoms with Gasteiger partial charge >= 0.3 is 8.60 Å². The molecule has 0 amide bonds. The van der Waals surface area contributed by atoms with Crippen molar-refractivity contribution in [2.24, 2.45) is 5.73 Å². The topological polar surface area (TPSA) is 75.7 Å². The Labute approximate surface area is 123 Å². The molecule has 0 saturated carbocycles. The molecule has 0 aromatic heterocycles. The van der Waals surface area contributed by atoms with Crippen LogP contribution in [-0.4, -0.2) is 9.79 Å². The molecule has 0 heterocycles. The van der Waals surface area contributed by atoms with E-state index >= 15 is 0 Å². The second-order valence-corrected chi connectivity index (χ2v) is 7.74. The second kappa shape index (κ2) is 5.98. The number of benzene rings is 1. The molecule has 4 N–H and O–H groups in total. The molecular weight excluding hydrogens is 273 g/mol. The Bertz CT molecular complexity index is 473. The second-order valence-electron chi connectivity index (χ2n) is 7.05. The van der Waals surface area contributed by atoms with Gasteiger partial charge in [-0.15, -0.1) is 0 Å². The summed E-state index contributed by atoms with van der Waals surface area (Å²) in [6, 6.07) is 3.92. The summed E-state index contributed by atoms with van der Waals surface area (Å²) in [4.78, 5) is 18.3. The third-order valence-corrected chi connectivity index (χ3v) is 3.58.